The van der Waals surface area contributed by atoms with Crippen LogP contribution in [0.5, 0.6) is 0 Å². The first-order valence-electron chi connectivity index (χ1n) is 34.8. The molecule has 0 heteroatoms. The van der Waals surface area contributed by atoms with Crippen molar-refractivity contribution in [3.05, 3.63) is 155 Å². The Bertz CT molecular complexity index is 2920. The summed E-state index contributed by atoms with van der Waals surface area (Å²) in [5.74, 6) is 4.87. The van der Waals surface area contributed by atoms with Crippen LogP contribution in [0.3, 0.4) is 0 Å². The number of fused-ring (bicyclic) bond motifs is 9. The van der Waals surface area contributed by atoms with E-state index in [0.29, 0.717) is 0 Å². The molecule has 0 N–H and O–H groups in total. The molecule has 15 rings (SSSR count). The van der Waals surface area contributed by atoms with Crippen LogP contribution in [-0.4, -0.2) is 0 Å². The number of hydrogen-bond acceptors (Lipinski definition) is 0. The smallest absolute Gasteiger partial charge is 0.0220 e. The average Bonchev–Trinajstić information content (AvgIpc) is 3.45. The first kappa shape index (κ1) is 53.1. The SMILES string of the molecule is c1ccc2c(c1)-c1ccc(-c3ccc4c(c3)C(CC3CCCCC3)(CC3CCCCC3)c3cc(-c5ccc6c(c5)C(CC5CCCCC5)(CC5CCCCC5)c5ccccc5-6)ccc3-4)cc1C2(CC1CCCCC1)CC1CCCCC1. The highest BCUT2D eigenvalue weighted by molar-refractivity contribution is 5.89. The molecule has 0 amide bonds. The van der Waals surface area contributed by atoms with Gasteiger partial charge < -0.3 is 0 Å². The summed E-state index contributed by atoms with van der Waals surface area (Å²) in [5.41, 5.74) is 25.4. The summed E-state index contributed by atoms with van der Waals surface area (Å²) in [4.78, 5) is 0. The molecule has 9 aliphatic rings. The van der Waals surface area contributed by atoms with Gasteiger partial charge >= 0.3 is 0 Å². The van der Waals surface area contributed by atoms with Gasteiger partial charge in [0.05, 0.1) is 0 Å². The molecule has 0 nitrogen and oxygen atoms in total. The van der Waals surface area contributed by atoms with E-state index in [4.69, 9.17) is 0 Å². The van der Waals surface area contributed by atoms with E-state index in [-0.39, 0.29) is 16.2 Å². The molecule has 422 valence electrons. The van der Waals surface area contributed by atoms with Gasteiger partial charge in [0.1, 0.15) is 0 Å². The fourth-order valence-electron chi connectivity index (χ4n) is 21.0. The Morgan fingerprint density at radius 1 is 0.210 bits per heavy atom. The Morgan fingerprint density at radius 3 is 0.642 bits per heavy atom. The van der Waals surface area contributed by atoms with Crippen molar-refractivity contribution in [3.63, 3.8) is 0 Å². The van der Waals surface area contributed by atoms with Crippen LogP contribution in [0.2, 0.25) is 0 Å². The Kier molecular flexibility index (Phi) is 14.9. The Balaban J connectivity index is 0.864. The van der Waals surface area contributed by atoms with Crippen LogP contribution >= 0.6 is 0 Å². The van der Waals surface area contributed by atoms with Gasteiger partial charge in [-0.15, -0.1) is 0 Å². The van der Waals surface area contributed by atoms with Crippen molar-refractivity contribution in [2.45, 2.75) is 247 Å². The molecule has 0 radical (unpaired) electrons. The fraction of sp³-hybridized carbons (Fsp3) is 0.556. The van der Waals surface area contributed by atoms with Crippen LogP contribution in [0.1, 0.15) is 265 Å². The third kappa shape index (κ3) is 9.79. The summed E-state index contributed by atoms with van der Waals surface area (Å²) in [5, 5.41) is 0. The molecule has 0 spiro atoms. The minimum atomic E-state index is 0.0120. The van der Waals surface area contributed by atoms with E-state index in [2.05, 4.69) is 121 Å². The number of rotatable bonds is 14. The normalized spacial score (nSPS) is 22.9. The monoisotopic (exact) mass is 1070 g/mol. The van der Waals surface area contributed by atoms with Crippen LogP contribution in [0.15, 0.2) is 121 Å². The largest absolute Gasteiger partial charge is 0.0619 e. The van der Waals surface area contributed by atoms with Gasteiger partial charge in [-0.2, -0.15) is 0 Å². The zero-order valence-electron chi connectivity index (χ0n) is 50.0. The lowest BCUT2D eigenvalue weighted by Gasteiger charge is -2.41. The molecule has 0 atom stereocenters. The van der Waals surface area contributed by atoms with Crippen molar-refractivity contribution in [1.82, 2.24) is 0 Å². The Hall–Kier alpha value is -4.68. The lowest BCUT2D eigenvalue weighted by molar-refractivity contribution is 0.226. The second-order valence-electron chi connectivity index (χ2n) is 29.6. The maximum atomic E-state index is 2.83. The first-order chi connectivity index (χ1) is 40.0. The van der Waals surface area contributed by atoms with E-state index in [1.165, 1.54) is 265 Å². The minimum absolute atomic E-state index is 0.0120. The van der Waals surface area contributed by atoms with Crippen molar-refractivity contribution in [3.8, 4) is 55.6 Å². The van der Waals surface area contributed by atoms with Crippen molar-refractivity contribution in [2.75, 3.05) is 0 Å². The molecule has 9 aliphatic carbocycles. The van der Waals surface area contributed by atoms with Crippen LogP contribution in [0.25, 0.3) is 55.6 Å². The molecule has 6 aromatic rings. The third-order valence-corrected chi connectivity index (χ3v) is 24.7. The summed E-state index contributed by atoms with van der Waals surface area (Å²) < 4.78 is 0. The third-order valence-electron chi connectivity index (χ3n) is 24.7. The van der Waals surface area contributed by atoms with E-state index in [9.17, 15) is 0 Å². The van der Waals surface area contributed by atoms with Crippen LogP contribution in [0, 0.1) is 35.5 Å². The Morgan fingerprint density at radius 2 is 0.407 bits per heavy atom. The van der Waals surface area contributed by atoms with Crippen molar-refractivity contribution in [1.29, 1.82) is 0 Å². The molecule has 0 bridgehead atoms. The lowest BCUT2D eigenvalue weighted by Crippen LogP contribution is -2.33. The highest BCUT2D eigenvalue weighted by Crippen LogP contribution is 2.62. The zero-order chi connectivity index (χ0) is 53.8. The highest BCUT2D eigenvalue weighted by atomic mass is 14.5. The maximum absolute atomic E-state index is 2.83. The average molecular weight is 1070 g/mol. The molecule has 0 saturated heterocycles. The van der Waals surface area contributed by atoms with Gasteiger partial charge in [0.15, 0.2) is 0 Å². The molecular weight excluding hydrogens is 973 g/mol. The van der Waals surface area contributed by atoms with E-state index >= 15 is 0 Å². The van der Waals surface area contributed by atoms with Gasteiger partial charge in [0.2, 0.25) is 0 Å². The van der Waals surface area contributed by atoms with Gasteiger partial charge in [0.25, 0.3) is 0 Å². The van der Waals surface area contributed by atoms with Gasteiger partial charge in [-0.3, -0.25) is 0 Å². The maximum Gasteiger partial charge on any atom is 0.0220 e. The van der Waals surface area contributed by atoms with Crippen molar-refractivity contribution in [2.24, 2.45) is 35.5 Å². The quantitative estimate of drug-likeness (QED) is 0.102. The van der Waals surface area contributed by atoms with E-state index in [1.807, 2.05) is 0 Å². The summed E-state index contributed by atoms with van der Waals surface area (Å²) in [6.07, 6.45) is 50.5. The van der Waals surface area contributed by atoms with Gasteiger partial charge in [-0.25, -0.2) is 0 Å². The molecule has 0 aromatic heterocycles. The molecule has 6 saturated carbocycles. The summed E-state index contributed by atoms with van der Waals surface area (Å²) in [7, 11) is 0. The van der Waals surface area contributed by atoms with E-state index in [0.717, 1.165) is 35.5 Å². The van der Waals surface area contributed by atoms with Crippen LogP contribution in [-0.2, 0) is 16.2 Å². The second-order valence-corrected chi connectivity index (χ2v) is 29.6. The summed E-state index contributed by atoms with van der Waals surface area (Å²) in [6, 6.07) is 51.6. The van der Waals surface area contributed by atoms with Gasteiger partial charge in [0, 0.05) is 16.2 Å². The molecule has 0 unspecified atom stereocenters. The fourth-order valence-corrected chi connectivity index (χ4v) is 21.0. The predicted octanol–water partition coefficient (Wildman–Crippen LogP) is 23.6. The van der Waals surface area contributed by atoms with Crippen molar-refractivity contribution < 1.29 is 0 Å². The minimum Gasteiger partial charge on any atom is -0.0619 e. The highest BCUT2D eigenvalue weighted by Gasteiger charge is 2.50. The Labute approximate surface area is 490 Å². The molecule has 6 aromatic carbocycles. The van der Waals surface area contributed by atoms with E-state index in [1.54, 1.807) is 55.6 Å². The standard InChI is InChI=1S/C81H98/c1-7-23-57(24-8-1)51-79(52-58-25-9-2-10-26-58)73-37-21-19-35-67(73)69-43-39-63(47-75(69)79)65-41-45-71-72-46-42-66(50-78(72)81(77(71)49-65,55-61-31-15-5-16-32-61)56-62-33-17-6-18-34-62)64-40-44-70-68-36-20-22-38-74(68)80(76(70)48-64,53-59-27-11-3-12-28-59)54-60-29-13-4-14-30-60/h19-22,35-50,57-62H,1-18,23-34,51-56H2. The molecule has 0 heterocycles. The van der Waals surface area contributed by atoms with Crippen molar-refractivity contribution >= 4 is 0 Å². The summed E-state index contributed by atoms with van der Waals surface area (Å²) in [6.45, 7) is 0. The summed E-state index contributed by atoms with van der Waals surface area (Å²) >= 11 is 0. The topological polar surface area (TPSA) is 0 Å². The lowest BCUT2D eigenvalue weighted by atomic mass is 9.63. The first-order valence-corrected chi connectivity index (χ1v) is 34.8. The molecule has 0 aliphatic heterocycles. The van der Waals surface area contributed by atoms with E-state index < -0.39 is 0 Å². The van der Waals surface area contributed by atoms with Crippen LogP contribution < -0.4 is 0 Å². The van der Waals surface area contributed by atoms with Gasteiger partial charge in [-0.05, 0) is 187 Å². The molecule has 6 fully saturated rings. The second kappa shape index (κ2) is 22.7. The number of benzene rings is 6. The molecular formula is C81H98. The van der Waals surface area contributed by atoms with Crippen LogP contribution in [0.4, 0.5) is 0 Å². The number of hydrogen-bond donors (Lipinski definition) is 0. The van der Waals surface area contributed by atoms with Gasteiger partial charge in [-0.1, -0.05) is 290 Å². The zero-order valence-corrected chi connectivity index (χ0v) is 50.0. The predicted molar refractivity (Wildman–Crippen MR) is 343 cm³/mol. The molecule has 81 heavy (non-hydrogen) atoms.